The van der Waals surface area contributed by atoms with Crippen molar-refractivity contribution in [1.82, 2.24) is 0 Å². The maximum absolute atomic E-state index is 12.8. The van der Waals surface area contributed by atoms with Gasteiger partial charge in [-0.15, -0.1) is 0 Å². The Balaban J connectivity index is 5.47. The Morgan fingerprint density at radius 1 is 0.551 bits per heavy atom. The van der Waals surface area contributed by atoms with E-state index in [0.29, 0.717) is 0 Å². The number of hydrogen-bond donors (Lipinski definition) is 4. The highest BCUT2D eigenvalue weighted by Gasteiger charge is 2.45. The topological polar surface area (TPSA) is 266 Å². The van der Waals surface area contributed by atoms with Crippen LogP contribution >= 0.6 is 0 Å². The molecule has 0 rings (SSSR count). The molecule has 19 nitrogen and oxygen atoms in total. The van der Waals surface area contributed by atoms with Crippen LogP contribution in [0.4, 0.5) is 0 Å². The van der Waals surface area contributed by atoms with Gasteiger partial charge in [0.2, 0.25) is 0 Å². The van der Waals surface area contributed by atoms with Crippen LogP contribution in [0, 0.1) is 0 Å². The molecule has 284 valence electrons. The van der Waals surface area contributed by atoms with E-state index in [1.807, 2.05) is 0 Å². The Morgan fingerprint density at radius 3 is 1.41 bits per heavy atom. The Morgan fingerprint density at radius 2 is 0.980 bits per heavy atom. The first kappa shape index (κ1) is 45.5. The third-order valence-corrected chi connectivity index (χ3v) is 6.09. The quantitative estimate of drug-likeness (QED) is 0.0595. The molecular formula is C30H50O19. The van der Waals surface area contributed by atoms with Crippen LogP contribution in [0.1, 0.15) is 53.4 Å². The van der Waals surface area contributed by atoms with E-state index in [4.69, 9.17) is 37.9 Å². The van der Waals surface area contributed by atoms with Gasteiger partial charge in [-0.2, -0.15) is 0 Å². The lowest BCUT2D eigenvalue weighted by Gasteiger charge is -2.26. The van der Waals surface area contributed by atoms with Crippen molar-refractivity contribution < 1.29 is 91.8 Å². The summed E-state index contributed by atoms with van der Waals surface area (Å²) >= 11 is 0. The molecule has 0 spiro atoms. The standard InChI is InChI=1S/C30H50O19/c1-18(2)44-12-20(31)14-47-28(38)30(40,10-25(35)46-17-22(42-6)16-41-5)9-24(34)45-13-21(32)15-48-27(37)29(39,8-23(33)43-7)11-26(36)49-19(3)4/h18-22,31-32,39-40H,8-17H2,1-7H3. The summed E-state index contributed by atoms with van der Waals surface area (Å²) in [4.78, 5) is 74.4. The fourth-order valence-electron chi connectivity index (χ4n) is 3.60. The van der Waals surface area contributed by atoms with Crippen molar-refractivity contribution in [1.29, 1.82) is 0 Å². The molecular weight excluding hydrogens is 664 g/mol. The van der Waals surface area contributed by atoms with Gasteiger partial charge in [0.15, 0.2) is 11.2 Å². The van der Waals surface area contributed by atoms with E-state index < -0.39 is 117 Å². The van der Waals surface area contributed by atoms with Gasteiger partial charge in [-0.3, -0.25) is 19.2 Å². The second-order valence-corrected chi connectivity index (χ2v) is 11.5. The summed E-state index contributed by atoms with van der Waals surface area (Å²) in [6.45, 7) is 3.46. The summed E-state index contributed by atoms with van der Waals surface area (Å²) in [6.07, 6.45) is -8.85. The minimum Gasteiger partial charge on any atom is -0.469 e. The van der Waals surface area contributed by atoms with E-state index in [-0.39, 0.29) is 25.9 Å². The Labute approximate surface area is 283 Å². The zero-order valence-electron chi connectivity index (χ0n) is 28.9. The molecule has 0 aromatic rings. The second-order valence-electron chi connectivity index (χ2n) is 11.5. The Hall–Kier alpha value is -3.46. The number of methoxy groups -OCH3 is 3. The maximum atomic E-state index is 12.8. The molecule has 0 aromatic heterocycles. The molecule has 0 fully saturated rings. The molecule has 0 aliphatic heterocycles. The van der Waals surface area contributed by atoms with Crippen molar-refractivity contribution in [3.8, 4) is 0 Å². The minimum absolute atomic E-state index is 0.0473. The fourth-order valence-corrected chi connectivity index (χ4v) is 3.60. The number of aliphatic hydroxyl groups excluding tert-OH is 2. The van der Waals surface area contributed by atoms with Gasteiger partial charge in [0.25, 0.3) is 0 Å². The minimum atomic E-state index is -2.86. The van der Waals surface area contributed by atoms with Gasteiger partial charge in [-0.05, 0) is 27.7 Å². The van der Waals surface area contributed by atoms with E-state index >= 15 is 0 Å². The molecule has 0 aliphatic rings. The highest BCUT2D eigenvalue weighted by molar-refractivity contribution is 5.91. The molecule has 0 aliphatic carbocycles. The van der Waals surface area contributed by atoms with Crippen molar-refractivity contribution in [3.63, 3.8) is 0 Å². The van der Waals surface area contributed by atoms with Crippen LogP contribution in [-0.4, -0.2) is 159 Å². The Kier molecular flexibility index (Phi) is 21.4. The lowest BCUT2D eigenvalue weighted by molar-refractivity contribution is -0.183. The van der Waals surface area contributed by atoms with Crippen molar-refractivity contribution >= 4 is 35.8 Å². The van der Waals surface area contributed by atoms with Gasteiger partial charge >= 0.3 is 35.8 Å². The third kappa shape index (κ3) is 19.4. The van der Waals surface area contributed by atoms with Crippen LogP contribution in [-0.2, 0) is 71.4 Å². The van der Waals surface area contributed by atoms with E-state index in [0.717, 1.165) is 7.11 Å². The number of aliphatic hydroxyl groups is 4. The van der Waals surface area contributed by atoms with Gasteiger partial charge in [-0.1, -0.05) is 0 Å². The lowest BCUT2D eigenvalue weighted by Crippen LogP contribution is -2.46. The first-order valence-electron chi connectivity index (χ1n) is 15.2. The average Bonchev–Trinajstić information content (AvgIpc) is 3.01. The van der Waals surface area contributed by atoms with E-state index in [1.165, 1.54) is 28.1 Å². The summed E-state index contributed by atoms with van der Waals surface area (Å²) in [5.41, 5.74) is -5.58. The number of ether oxygens (including phenoxy) is 9. The summed E-state index contributed by atoms with van der Waals surface area (Å²) in [6, 6.07) is 0. The predicted octanol–water partition coefficient (Wildman–Crippen LogP) is -1.89. The molecule has 0 aromatic carbocycles. The number of rotatable bonds is 25. The van der Waals surface area contributed by atoms with E-state index in [1.54, 1.807) is 13.8 Å². The monoisotopic (exact) mass is 714 g/mol. The van der Waals surface area contributed by atoms with Crippen LogP contribution in [0.25, 0.3) is 0 Å². The van der Waals surface area contributed by atoms with E-state index in [2.05, 4.69) is 4.74 Å². The Bertz CT molecular complexity index is 1060. The summed E-state index contributed by atoms with van der Waals surface area (Å²) in [5, 5.41) is 42.0. The van der Waals surface area contributed by atoms with Gasteiger partial charge in [0.05, 0.1) is 58.2 Å². The normalized spacial score (nSPS) is 15.6. The molecule has 0 saturated carbocycles. The molecule has 5 atom stereocenters. The van der Waals surface area contributed by atoms with Gasteiger partial charge < -0.3 is 63.1 Å². The van der Waals surface area contributed by atoms with Gasteiger partial charge in [0, 0.05) is 14.2 Å². The highest BCUT2D eigenvalue weighted by atomic mass is 16.6. The smallest absolute Gasteiger partial charge is 0.339 e. The number of esters is 6. The van der Waals surface area contributed by atoms with Crippen LogP contribution in [0.2, 0.25) is 0 Å². The molecule has 49 heavy (non-hydrogen) atoms. The molecule has 0 saturated heterocycles. The number of carbonyl (C=O) groups excluding carboxylic acids is 6. The largest absolute Gasteiger partial charge is 0.469 e. The second kappa shape index (κ2) is 23.0. The molecule has 19 heteroatoms. The third-order valence-electron chi connectivity index (χ3n) is 6.09. The number of carbonyl (C=O) groups is 6. The summed E-state index contributed by atoms with van der Waals surface area (Å²) < 4.78 is 44.1. The average molecular weight is 715 g/mol. The SMILES string of the molecule is COCC(COC(=O)CC(O)(CC(=O)OCC(O)COC(=O)C(O)(CC(=O)OC)CC(=O)OC(C)C)C(=O)OCC(O)COC(C)C)OC. The van der Waals surface area contributed by atoms with Crippen LogP contribution in [0.5, 0.6) is 0 Å². The summed E-state index contributed by atoms with van der Waals surface area (Å²) in [7, 11) is 3.69. The van der Waals surface area contributed by atoms with E-state index in [9.17, 15) is 49.2 Å². The molecule has 4 N–H and O–H groups in total. The first-order valence-corrected chi connectivity index (χ1v) is 15.2. The predicted molar refractivity (Wildman–Crippen MR) is 161 cm³/mol. The van der Waals surface area contributed by atoms with Crippen LogP contribution in [0.3, 0.4) is 0 Å². The summed E-state index contributed by atoms with van der Waals surface area (Å²) in [5.74, 6) is -7.54. The van der Waals surface area contributed by atoms with Crippen LogP contribution < -0.4 is 0 Å². The van der Waals surface area contributed by atoms with Gasteiger partial charge in [-0.25, -0.2) is 9.59 Å². The zero-order valence-corrected chi connectivity index (χ0v) is 28.9. The van der Waals surface area contributed by atoms with Crippen molar-refractivity contribution in [2.45, 2.75) is 95.1 Å². The number of hydrogen-bond acceptors (Lipinski definition) is 19. The van der Waals surface area contributed by atoms with Crippen molar-refractivity contribution in [3.05, 3.63) is 0 Å². The molecule has 0 radical (unpaired) electrons. The molecule has 0 amide bonds. The zero-order chi connectivity index (χ0) is 37.8. The maximum Gasteiger partial charge on any atom is 0.339 e. The van der Waals surface area contributed by atoms with Crippen molar-refractivity contribution in [2.75, 3.05) is 61.0 Å². The lowest BCUT2D eigenvalue weighted by atomic mass is 9.95. The molecule has 0 heterocycles. The van der Waals surface area contributed by atoms with Crippen molar-refractivity contribution in [2.24, 2.45) is 0 Å². The molecule has 5 unspecified atom stereocenters. The van der Waals surface area contributed by atoms with Gasteiger partial charge in [0.1, 0.15) is 44.7 Å². The molecule has 0 bridgehead atoms. The fraction of sp³-hybridized carbons (Fsp3) is 0.800. The van der Waals surface area contributed by atoms with Crippen LogP contribution in [0.15, 0.2) is 0 Å². The first-order chi connectivity index (χ1) is 22.8. The highest BCUT2D eigenvalue weighted by Crippen LogP contribution is 2.22.